The highest BCUT2D eigenvalue weighted by molar-refractivity contribution is 5.94. The van der Waals surface area contributed by atoms with Crippen LogP contribution in [-0.4, -0.2) is 87.7 Å². The van der Waals surface area contributed by atoms with E-state index in [1.54, 1.807) is 0 Å². The number of hydrogen-bond acceptors (Lipinski definition) is 9. The molecule has 0 saturated heterocycles. The second-order valence-electron chi connectivity index (χ2n) is 8.02. The molecule has 0 bridgehead atoms. The van der Waals surface area contributed by atoms with Gasteiger partial charge in [-0.1, -0.05) is 0 Å². The van der Waals surface area contributed by atoms with Crippen LogP contribution in [0.5, 0.6) is 0 Å². The molecule has 0 fully saturated rings. The van der Waals surface area contributed by atoms with Crippen LogP contribution in [0.2, 0.25) is 0 Å². The van der Waals surface area contributed by atoms with E-state index in [2.05, 4.69) is 16.0 Å². The molecule has 0 aliphatic carbocycles. The Bertz CT molecular complexity index is 761. The zero-order valence-electron chi connectivity index (χ0n) is 19.6. The number of rotatable bonds is 18. The van der Waals surface area contributed by atoms with Gasteiger partial charge in [0.1, 0.15) is 12.1 Å². The number of hydrogen-bond donors (Lipinski definition) is 9. The van der Waals surface area contributed by atoms with Gasteiger partial charge in [0.2, 0.25) is 23.6 Å². The lowest BCUT2D eigenvalue weighted by Crippen LogP contribution is -2.58. The molecule has 35 heavy (non-hydrogen) atoms. The molecule has 5 atom stereocenters. The van der Waals surface area contributed by atoms with Crippen LogP contribution < -0.4 is 33.2 Å². The number of carboxylic acids is 2. The van der Waals surface area contributed by atoms with E-state index in [1.807, 2.05) is 0 Å². The van der Waals surface area contributed by atoms with E-state index >= 15 is 0 Å². The zero-order chi connectivity index (χ0) is 27.1. The van der Waals surface area contributed by atoms with Gasteiger partial charge in [-0.05, 0) is 45.6 Å². The van der Waals surface area contributed by atoms with Crippen LogP contribution in [0, 0.1) is 0 Å². The third kappa shape index (κ3) is 13.2. The maximum absolute atomic E-state index is 12.9. The molecule has 4 amide bonds. The number of carbonyl (C=O) groups excluding carboxylic acids is 4. The average molecular weight is 505 g/mol. The Morgan fingerprint density at radius 3 is 1.83 bits per heavy atom. The number of carboxylic acid groups (broad SMARTS) is 2. The van der Waals surface area contributed by atoms with Crippen molar-refractivity contribution in [2.24, 2.45) is 17.2 Å². The van der Waals surface area contributed by atoms with Crippen LogP contribution in [0.3, 0.4) is 0 Å². The molecule has 0 aromatic rings. The van der Waals surface area contributed by atoms with Gasteiger partial charge in [0.15, 0.2) is 6.04 Å². The van der Waals surface area contributed by atoms with Crippen molar-refractivity contribution in [2.45, 2.75) is 82.1 Å². The molecule has 0 heterocycles. The topological polar surface area (TPSA) is 277 Å². The first kappa shape index (κ1) is 31.7. The Morgan fingerprint density at radius 1 is 0.800 bits per heavy atom. The predicted octanol–water partition coefficient (Wildman–Crippen LogP) is -3.51. The molecule has 0 aromatic carbocycles. The summed E-state index contributed by atoms with van der Waals surface area (Å²) in [6, 6.07) is -5.49. The van der Waals surface area contributed by atoms with Crippen LogP contribution >= 0.6 is 0 Å². The zero-order valence-corrected chi connectivity index (χ0v) is 19.6. The van der Waals surface area contributed by atoms with Crippen LogP contribution in [0.1, 0.15) is 51.9 Å². The average Bonchev–Trinajstić information content (AvgIpc) is 2.76. The first-order chi connectivity index (χ1) is 16.3. The number of primary amides is 1. The van der Waals surface area contributed by atoms with E-state index in [4.69, 9.17) is 27.4 Å². The van der Waals surface area contributed by atoms with E-state index in [0.29, 0.717) is 19.4 Å². The summed E-state index contributed by atoms with van der Waals surface area (Å²) in [5.41, 5.74) is 16.2. The number of nitrogens with two attached hydrogens (primary N) is 3. The van der Waals surface area contributed by atoms with Gasteiger partial charge < -0.3 is 48.5 Å². The van der Waals surface area contributed by atoms with Gasteiger partial charge in [-0.15, -0.1) is 0 Å². The molecule has 0 aliphatic heterocycles. The summed E-state index contributed by atoms with van der Waals surface area (Å²) in [6.07, 6.45) is -1.56. The number of nitrogens with one attached hydrogen (secondary N) is 3. The van der Waals surface area contributed by atoms with Gasteiger partial charge in [-0.2, -0.15) is 0 Å². The summed E-state index contributed by atoms with van der Waals surface area (Å²) in [4.78, 5) is 71.1. The monoisotopic (exact) mass is 504 g/mol. The molecule has 0 aliphatic rings. The molecule has 200 valence electrons. The minimum absolute atomic E-state index is 0.0577. The van der Waals surface area contributed by atoms with Crippen molar-refractivity contribution < 1.29 is 44.1 Å². The predicted molar refractivity (Wildman–Crippen MR) is 121 cm³/mol. The molecule has 0 saturated carbocycles. The van der Waals surface area contributed by atoms with Crippen molar-refractivity contribution in [2.75, 3.05) is 6.54 Å². The molecular weight excluding hydrogens is 468 g/mol. The Kier molecular flexibility index (Phi) is 14.8. The Morgan fingerprint density at radius 2 is 1.34 bits per heavy atom. The fourth-order valence-corrected chi connectivity index (χ4v) is 2.92. The van der Waals surface area contributed by atoms with Crippen LogP contribution in [0.25, 0.3) is 0 Å². The fraction of sp³-hybridized carbons (Fsp3) is 0.700. The van der Waals surface area contributed by atoms with Crippen molar-refractivity contribution in [3.63, 3.8) is 0 Å². The molecule has 0 aromatic heterocycles. The van der Waals surface area contributed by atoms with Crippen molar-refractivity contribution in [1.29, 1.82) is 0 Å². The molecule has 5 unspecified atom stereocenters. The van der Waals surface area contributed by atoms with Gasteiger partial charge in [0, 0.05) is 12.8 Å². The first-order valence-electron chi connectivity index (χ1n) is 11.1. The minimum Gasteiger partial charge on any atom is -0.481 e. The lowest BCUT2D eigenvalue weighted by Gasteiger charge is -2.25. The van der Waals surface area contributed by atoms with Gasteiger partial charge >= 0.3 is 11.9 Å². The summed E-state index contributed by atoms with van der Waals surface area (Å²) >= 11 is 0. The van der Waals surface area contributed by atoms with Crippen LogP contribution in [0.4, 0.5) is 0 Å². The fourth-order valence-electron chi connectivity index (χ4n) is 2.92. The van der Waals surface area contributed by atoms with Crippen molar-refractivity contribution in [3.05, 3.63) is 0 Å². The quantitative estimate of drug-likeness (QED) is 0.0825. The van der Waals surface area contributed by atoms with Crippen molar-refractivity contribution >= 4 is 35.6 Å². The number of aliphatic hydroxyl groups is 1. The Hall–Kier alpha value is -3.30. The van der Waals surface area contributed by atoms with E-state index in [9.17, 15) is 33.9 Å². The first-order valence-corrected chi connectivity index (χ1v) is 11.1. The third-order valence-corrected chi connectivity index (χ3v) is 4.94. The van der Waals surface area contributed by atoms with Crippen LogP contribution in [-0.2, 0) is 28.8 Å². The van der Waals surface area contributed by atoms with Gasteiger partial charge in [-0.3, -0.25) is 24.0 Å². The van der Waals surface area contributed by atoms with Crippen molar-refractivity contribution in [1.82, 2.24) is 16.0 Å². The van der Waals surface area contributed by atoms with Gasteiger partial charge in [0.25, 0.3) is 0 Å². The summed E-state index contributed by atoms with van der Waals surface area (Å²) in [7, 11) is 0. The highest BCUT2D eigenvalue weighted by Gasteiger charge is 2.32. The lowest BCUT2D eigenvalue weighted by atomic mass is 10.0. The largest absolute Gasteiger partial charge is 0.481 e. The summed E-state index contributed by atoms with van der Waals surface area (Å²) in [6.45, 7) is 1.45. The summed E-state index contributed by atoms with van der Waals surface area (Å²) in [5, 5.41) is 34.5. The maximum Gasteiger partial charge on any atom is 0.328 e. The smallest absolute Gasteiger partial charge is 0.328 e. The summed E-state index contributed by atoms with van der Waals surface area (Å²) < 4.78 is 0. The number of aliphatic carboxylic acids is 2. The number of carbonyl (C=O) groups is 6. The third-order valence-electron chi connectivity index (χ3n) is 4.94. The molecule has 0 spiro atoms. The minimum atomic E-state index is -1.70. The molecule has 15 nitrogen and oxygen atoms in total. The second-order valence-corrected chi connectivity index (χ2v) is 8.02. The van der Waals surface area contributed by atoms with Crippen molar-refractivity contribution in [3.8, 4) is 0 Å². The highest BCUT2D eigenvalue weighted by atomic mass is 16.4. The highest BCUT2D eigenvalue weighted by Crippen LogP contribution is 2.06. The van der Waals surface area contributed by atoms with Gasteiger partial charge in [-0.25, -0.2) is 4.79 Å². The molecule has 0 radical (unpaired) electrons. The molecular formula is C20H36N6O9. The number of amides is 4. The molecule has 12 N–H and O–H groups in total. The molecule has 15 heteroatoms. The number of unbranched alkanes of at least 4 members (excludes halogenated alkanes) is 1. The van der Waals surface area contributed by atoms with Gasteiger partial charge in [0.05, 0.1) is 12.1 Å². The standard InChI is InChI=1S/C20H36N6O9/c1-10(27)16(20(34)35)26-19(33)13(6-8-15(29)30)25-18(32)12(4-2-3-9-21)24-17(31)11(22)5-7-14(23)28/h10-13,16,27H,2-9,21-22H2,1H3,(H2,23,28)(H,24,31)(H,25,32)(H,26,33)(H,29,30)(H,34,35). The summed E-state index contributed by atoms with van der Waals surface area (Å²) in [5.74, 6) is -6.07. The molecule has 0 rings (SSSR count). The second kappa shape index (κ2) is 16.3. The Balaban J connectivity index is 5.55. The van der Waals surface area contributed by atoms with Crippen LogP contribution in [0.15, 0.2) is 0 Å². The Labute approximate surface area is 202 Å². The van der Waals surface area contributed by atoms with E-state index in [0.717, 1.165) is 6.92 Å². The van der Waals surface area contributed by atoms with E-state index < -0.39 is 72.3 Å². The van der Waals surface area contributed by atoms with E-state index in [1.165, 1.54) is 0 Å². The van der Waals surface area contributed by atoms with E-state index in [-0.39, 0.29) is 25.7 Å². The number of aliphatic hydroxyl groups excluding tert-OH is 1. The lowest BCUT2D eigenvalue weighted by molar-refractivity contribution is -0.145. The normalized spacial score (nSPS) is 15.1. The maximum atomic E-state index is 12.9. The SMILES string of the molecule is CC(O)C(NC(=O)C(CCC(=O)O)NC(=O)C(CCCCN)NC(=O)C(N)CCC(N)=O)C(=O)O.